The molecule has 0 radical (unpaired) electrons. The Balaban J connectivity index is 1.83. The third kappa shape index (κ3) is 2.00. The Hall–Kier alpha value is -0.770. The van der Waals surface area contributed by atoms with E-state index in [1.165, 1.54) is 25.9 Å². The first-order valence-corrected chi connectivity index (χ1v) is 5.56. The van der Waals surface area contributed by atoms with Crippen LogP contribution in [0.2, 0.25) is 0 Å². The molecule has 3 aliphatic heterocycles. The number of nitrogens with zero attached hydrogens (tertiary/aromatic N) is 1. The van der Waals surface area contributed by atoms with E-state index in [2.05, 4.69) is 15.5 Å². The van der Waals surface area contributed by atoms with Gasteiger partial charge in [-0.05, 0) is 38.8 Å². The normalized spacial score (nSPS) is 35.4. The molecule has 3 rings (SSSR count). The summed E-state index contributed by atoms with van der Waals surface area (Å²) in [6.07, 6.45) is 2.49. The lowest BCUT2D eigenvalue weighted by molar-refractivity contribution is 0.0767. The number of piperidine rings is 3. The average Bonchev–Trinajstić information content (AvgIpc) is 2.19. The fraction of sp³-hybridized carbons (Fsp3) is 0.900. The largest absolute Gasteiger partial charge is 0.338 e. The highest BCUT2D eigenvalue weighted by Gasteiger charge is 2.34. The quantitative estimate of drug-likeness (QED) is 0.673. The minimum Gasteiger partial charge on any atom is -0.338 e. The second-order valence-corrected chi connectivity index (χ2v) is 4.25. The Morgan fingerprint density at radius 2 is 2.14 bits per heavy atom. The second-order valence-electron chi connectivity index (χ2n) is 4.25. The molecule has 0 aromatic rings. The van der Waals surface area contributed by atoms with Crippen molar-refractivity contribution in [1.82, 2.24) is 15.5 Å². The first-order chi connectivity index (χ1) is 6.79. The smallest absolute Gasteiger partial charge is 0.315 e. The van der Waals surface area contributed by atoms with Gasteiger partial charge in [-0.1, -0.05) is 0 Å². The number of urea groups is 1. The molecule has 0 spiro atoms. The van der Waals surface area contributed by atoms with Crippen LogP contribution in [0.25, 0.3) is 0 Å². The van der Waals surface area contributed by atoms with Crippen LogP contribution in [0.1, 0.15) is 19.8 Å². The zero-order chi connectivity index (χ0) is 9.97. The molecule has 2 bridgehead atoms. The van der Waals surface area contributed by atoms with Crippen molar-refractivity contribution >= 4 is 6.03 Å². The van der Waals surface area contributed by atoms with Crippen molar-refractivity contribution in [2.75, 3.05) is 26.2 Å². The van der Waals surface area contributed by atoms with Gasteiger partial charge in [-0.2, -0.15) is 0 Å². The molecule has 2 N–H and O–H groups in total. The minimum absolute atomic E-state index is 0.00810. The number of carbonyl (C=O) groups is 1. The van der Waals surface area contributed by atoms with Gasteiger partial charge in [-0.3, -0.25) is 0 Å². The Morgan fingerprint density at radius 1 is 1.43 bits per heavy atom. The summed E-state index contributed by atoms with van der Waals surface area (Å²) < 4.78 is 0. The van der Waals surface area contributed by atoms with Crippen LogP contribution in [0.5, 0.6) is 0 Å². The Labute approximate surface area is 85.0 Å². The van der Waals surface area contributed by atoms with Crippen molar-refractivity contribution in [1.29, 1.82) is 0 Å². The summed E-state index contributed by atoms with van der Waals surface area (Å²) in [4.78, 5) is 13.8. The number of fused-ring (bicyclic) bond motifs is 3. The van der Waals surface area contributed by atoms with Gasteiger partial charge in [-0.15, -0.1) is 0 Å². The Kier molecular flexibility index (Phi) is 2.91. The van der Waals surface area contributed by atoms with Crippen molar-refractivity contribution in [3.63, 3.8) is 0 Å². The lowest BCUT2D eigenvalue weighted by Gasteiger charge is -2.44. The second kappa shape index (κ2) is 4.17. The highest BCUT2D eigenvalue weighted by atomic mass is 16.2. The van der Waals surface area contributed by atoms with Crippen LogP contribution in [-0.2, 0) is 0 Å². The molecule has 0 aromatic heterocycles. The third-order valence-electron chi connectivity index (χ3n) is 3.31. The first kappa shape index (κ1) is 9.77. The summed E-state index contributed by atoms with van der Waals surface area (Å²) >= 11 is 0. The highest BCUT2D eigenvalue weighted by Crippen LogP contribution is 2.27. The number of carbonyl (C=O) groups excluding carboxylic acids is 1. The average molecular weight is 197 g/mol. The van der Waals surface area contributed by atoms with Gasteiger partial charge in [0.25, 0.3) is 0 Å². The van der Waals surface area contributed by atoms with E-state index < -0.39 is 0 Å². The molecule has 3 aliphatic rings. The standard InChI is InChI=1S/C10H19N3O/c1-2-11-10(14)12-9-7-13-5-3-8(9)4-6-13/h8-9H,2-7H2,1H3,(H2,11,12,14). The predicted octanol–water partition coefficient (Wildman–Crippen LogP) is 0.400. The van der Waals surface area contributed by atoms with Crippen molar-refractivity contribution in [2.24, 2.45) is 5.92 Å². The van der Waals surface area contributed by atoms with Gasteiger partial charge >= 0.3 is 6.03 Å². The van der Waals surface area contributed by atoms with E-state index in [1.807, 2.05) is 6.92 Å². The summed E-state index contributed by atoms with van der Waals surface area (Å²) in [5.74, 6) is 0.711. The molecular weight excluding hydrogens is 178 g/mol. The Bertz CT molecular complexity index is 211. The van der Waals surface area contributed by atoms with Crippen LogP contribution < -0.4 is 10.6 Å². The highest BCUT2D eigenvalue weighted by molar-refractivity contribution is 5.74. The fourth-order valence-electron chi connectivity index (χ4n) is 2.51. The van der Waals surface area contributed by atoms with Gasteiger partial charge in [0.15, 0.2) is 0 Å². The SMILES string of the molecule is CCNC(=O)NC1CN2CCC1CC2. The van der Waals surface area contributed by atoms with Crippen LogP contribution in [-0.4, -0.2) is 43.2 Å². The van der Waals surface area contributed by atoms with E-state index in [1.54, 1.807) is 0 Å². The van der Waals surface area contributed by atoms with Crippen molar-refractivity contribution < 1.29 is 4.79 Å². The first-order valence-electron chi connectivity index (χ1n) is 5.56. The maximum Gasteiger partial charge on any atom is 0.315 e. The van der Waals surface area contributed by atoms with Gasteiger partial charge < -0.3 is 15.5 Å². The van der Waals surface area contributed by atoms with Gasteiger partial charge in [0.2, 0.25) is 0 Å². The van der Waals surface area contributed by atoms with Gasteiger partial charge in [0, 0.05) is 19.1 Å². The van der Waals surface area contributed by atoms with Crippen molar-refractivity contribution in [2.45, 2.75) is 25.8 Å². The molecule has 80 valence electrons. The van der Waals surface area contributed by atoms with Crippen LogP contribution >= 0.6 is 0 Å². The molecule has 2 amide bonds. The van der Waals surface area contributed by atoms with Gasteiger partial charge in [-0.25, -0.2) is 4.79 Å². The molecule has 0 aliphatic carbocycles. The number of rotatable bonds is 2. The molecule has 0 aromatic carbocycles. The third-order valence-corrected chi connectivity index (χ3v) is 3.31. The van der Waals surface area contributed by atoms with E-state index in [-0.39, 0.29) is 6.03 Å². The summed E-state index contributed by atoms with van der Waals surface area (Å²) in [6.45, 7) is 6.13. The monoisotopic (exact) mass is 197 g/mol. The van der Waals surface area contributed by atoms with Crippen LogP contribution in [0, 0.1) is 5.92 Å². The van der Waals surface area contributed by atoms with E-state index in [4.69, 9.17) is 0 Å². The zero-order valence-electron chi connectivity index (χ0n) is 8.75. The maximum atomic E-state index is 11.3. The van der Waals surface area contributed by atoms with Crippen LogP contribution in [0.4, 0.5) is 4.79 Å². The van der Waals surface area contributed by atoms with E-state index in [9.17, 15) is 4.79 Å². The van der Waals surface area contributed by atoms with E-state index >= 15 is 0 Å². The molecule has 4 heteroatoms. The molecule has 3 saturated heterocycles. The number of hydrogen-bond acceptors (Lipinski definition) is 2. The van der Waals surface area contributed by atoms with Gasteiger partial charge in [0.1, 0.15) is 0 Å². The lowest BCUT2D eigenvalue weighted by atomic mass is 9.84. The van der Waals surface area contributed by atoms with E-state index in [0.29, 0.717) is 18.5 Å². The molecule has 3 heterocycles. The van der Waals surface area contributed by atoms with Crippen molar-refractivity contribution in [3.8, 4) is 0 Å². The van der Waals surface area contributed by atoms with Gasteiger partial charge in [0.05, 0.1) is 0 Å². The number of nitrogens with one attached hydrogen (secondary N) is 2. The summed E-state index contributed by atoms with van der Waals surface area (Å²) in [5.41, 5.74) is 0. The number of amides is 2. The summed E-state index contributed by atoms with van der Waals surface area (Å²) in [7, 11) is 0. The molecule has 14 heavy (non-hydrogen) atoms. The molecule has 1 atom stereocenters. The van der Waals surface area contributed by atoms with Crippen LogP contribution in [0.3, 0.4) is 0 Å². The molecule has 0 saturated carbocycles. The predicted molar refractivity (Wildman–Crippen MR) is 55.2 cm³/mol. The topological polar surface area (TPSA) is 44.4 Å². The number of hydrogen-bond donors (Lipinski definition) is 2. The molecule has 1 unspecified atom stereocenters. The summed E-state index contributed by atoms with van der Waals surface area (Å²) in [5, 5.41) is 5.84. The Morgan fingerprint density at radius 3 is 2.64 bits per heavy atom. The molecule has 3 fully saturated rings. The minimum atomic E-state index is -0.00810. The molecular formula is C10H19N3O. The lowest BCUT2D eigenvalue weighted by Crippen LogP contribution is -2.58. The maximum absolute atomic E-state index is 11.3. The molecule has 4 nitrogen and oxygen atoms in total. The zero-order valence-corrected chi connectivity index (χ0v) is 8.75. The van der Waals surface area contributed by atoms with E-state index in [0.717, 1.165) is 6.54 Å². The summed E-state index contributed by atoms with van der Waals surface area (Å²) in [6, 6.07) is 0.371. The van der Waals surface area contributed by atoms with Crippen LogP contribution in [0.15, 0.2) is 0 Å². The van der Waals surface area contributed by atoms with Crippen molar-refractivity contribution in [3.05, 3.63) is 0 Å². The fourth-order valence-corrected chi connectivity index (χ4v) is 2.51.